The highest BCUT2D eigenvalue weighted by Crippen LogP contribution is 2.24. The average molecular weight is 282 g/mol. The molecule has 0 fully saturated rings. The number of fused-ring (bicyclic) bond motifs is 1. The van der Waals surface area contributed by atoms with E-state index in [4.69, 9.17) is 4.74 Å². The molecule has 0 saturated heterocycles. The monoisotopic (exact) mass is 282 g/mol. The van der Waals surface area contributed by atoms with E-state index in [-0.39, 0.29) is 11.3 Å². The van der Waals surface area contributed by atoms with Gasteiger partial charge in [0.15, 0.2) is 5.75 Å². The predicted molar refractivity (Wildman–Crippen MR) is 75.5 cm³/mol. The van der Waals surface area contributed by atoms with Crippen molar-refractivity contribution >= 4 is 17.2 Å². The van der Waals surface area contributed by atoms with E-state index < -0.39 is 10.9 Å². The van der Waals surface area contributed by atoms with Gasteiger partial charge >= 0.3 is 5.97 Å². The summed E-state index contributed by atoms with van der Waals surface area (Å²) in [5.74, 6) is -0.391. The Morgan fingerprint density at radius 1 is 1.05 bits per heavy atom. The maximum Gasteiger partial charge on any atom is 0.350 e. The Morgan fingerprint density at radius 3 is 2.62 bits per heavy atom. The number of carbonyl (C=O) groups excluding carboxylic acids is 1. The Kier molecular flexibility index (Phi) is 3.12. The number of carbonyl (C=O) groups is 1. The molecule has 21 heavy (non-hydrogen) atoms. The number of nitrogens with zero attached hydrogens (tertiary/aromatic N) is 2. The second-order valence-electron chi connectivity index (χ2n) is 4.34. The predicted octanol–water partition coefficient (Wildman–Crippen LogP) is 3.07. The van der Waals surface area contributed by atoms with E-state index in [0.717, 1.165) is 0 Å². The summed E-state index contributed by atoms with van der Waals surface area (Å²) in [6, 6.07) is 12.8. The number of para-hydroxylation sites is 1. The number of hydrogen-bond donors (Lipinski definition) is 0. The summed E-state index contributed by atoms with van der Waals surface area (Å²) in [4.78, 5) is 22.5. The molecular weight excluding hydrogens is 272 g/mol. The van der Waals surface area contributed by atoms with Gasteiger partial charge in [-0.1, -0.05) is 18.2 Å². The molecule has 104 valence electrons. The molecule has 2 heterocycles. The second-order valence-corrected chi connectivity index (χ2v) is 4.34. The minimum Gasteiger partial charge on any atom is -0.420 e. The van der Waals surface area contributed by atoms with Crippen LogP contribution in [0.25, 0.3) is 5.52 Å². The SMILES string of the molecule is O=C(Oc1ccn2ccccc12)c1ccccc1[N+](=O)[O-]. The van der Waals surface area contributed by atoms with Crippen molar-refractivity contribution in [3.05, 3.63) is 76.6 Å². The van der Waals surface area contributed by atoms with Gasteiger partial charge in [-0.05, 0) is 24.3 Å². The number of hydrogen-bond acceptors (Lipinski definition) is 4. The Hall–Kier alpha value is -3.15. The third-order valence-electron chi connectivity index (χ3n) is 3.05. The molecule has 0 atom stereocenters. The second kappa shape index (κ2) is 5.09. The van der Waals surface area contributed by atoms with Crippen LogP contribution in [0.15, 0.2) is 60.9 Å². The maximum atomic E-state index is 12.1. The average Bonchev–Trinajstić information content (AvgIpc) is 2.90. The smallest absolute Gasteiger partial charge is 0.350 e. The summed E-state index contributed by atoms with van der Waals surface area (Å²) in [7, 11) is 0. The van der Waals surface area contributed by atoms with Crippen LogP contribution in [0.1, 0.15) is 10.4 Å². The molecule has 0 unspecified atom stereocenters. The Bertz CT molecular complexity index is 838. The molecule has 0 amide bonds. The molecule has 0 radical (unpaired) electrons. The van der Waals surface area contributed by atoms with Crippen molar-refractivity contribution in [3.63, 3.8) is 0 Å². The van der Waals surface area contributed by atoms with E-state index >= 15 is 0 Å². The summed E-state index contributed by atoms with van der Waals surface area (Å²) in [6.45, 7) is 0. The molecule has 1 aromatic carbocycles. The highest BCUT2D eigenvalue weighted by atomic mass is 16.6. The largest absolute Gasteiger partial charge is 0.420 e. The first kappa shape index (κ1) is 12.9. The zero-order valence-corrected chi connectivity index (χ0v) is 10.8. The summed E-state index contributed by atoms with van der Waals surface area (Å²) in [5, 5.41) is 10.9. The number of benzene rings is 1. The van der Waals surface area contributed by atoms with Crippen LogP contribution in [0, 0.1) is 10.1 Å². The quantitative estimate of drug-likeness (QED) is 0.420. The first-order valence-electron chi connectivity index (χ1n) is 6.18. The lowest BCUT2D eigenvalue weighted by Gasteiger charge is -2.04. The van der Waals surface area contributed by atoms with E-state index in [1.54, 1.807) is 28.8 Å². The van der Waals surface area contributed by atoms with Crippen LogP contribution in [0.3, 0.4) is 0 Å². The van der Waals surface area contributed by atoms with Crippen molar-refractivity contribution in [3.8, 4) is 5.75 Å². The summed E-state index contributed by atoms with van der Waals surface area (Å²) in [5.41, 5.74) is 0.369. The minimum atomic E-state index is -0.751. The Balaban J connectivity index is 1.95. The molecule has 2 aromatic heterocycles. The number of pyridine rings is 1. The summed E-state index contributed by atoms with van der Waals surface area (Å²) in [6.07, 6.45) is 3.56. The van der Waals surface area contributed by atoms with Crippen LogP contribution in [-0.2, 0) is 0 Å². The highest BCUT2D eigenvalue weighted by molar-refractivity contribution is 5.96. The molecule has 0 bridgehead atoms. The van der Waals surface area contributed by atoms with E-state index in [9.17, 15) is 14.9 Å². The van der Waals surface area contributed by atoms with Crippen LogP contribution in [0.2, 0.25) is 0 Å². The first-order valence-corrected chi connectivity index (χ1v) is 6.18. The molecule has 6 heteroatoms. The van der Waals surface area contributed by atoms with Gasteiger partial charge in [0.25, 0.3) is 5.69 Å². The lowest BCUT2D eigenvalue weighted by Crippen LogP contribution is -2.10. The fourth-order valence-electron chi connectivity index (χ4n) is 2.07. The van der Waals surface area contributed by atoms with E-state index in [2.05, 4.69) is 0 Å². The van der Waals surface area contributed by atoms with Crippen molar-refractivity contribution in [2.45, 2.75) is 0 Å². The van der Waals surface area contributed by atoms with Crippen molar-refractivity contribution in [2.24, 2.45) is 0 Å². The summed E-state index contributed by atoms with van der Waals surface area (Å²) < 4.78 is 7.07. The van der Waals surface area contributed by atoms with Crippen molar-refractivity contribution < 1.29 is 14.5 Å². The topological polar surface area (TPSA) is 73.8 Å². The van der Waals surface area contributed by atoms with Gasteiger partial charge in [-0.2, -0.15) is 0 Å². The number of aromatic nitrogens is 1. The van der Waals surface area contributed by atoms with Crippen molar-refractivity contribution in [2.75, 3.05) is 0 Å². The summed E-state index contributed by atoms with van der Waals surface area (Å²) >= 11 is 0. The Labute approximate surface area is 119 Å². The third kappa shape index (κ3) is 2.34. The number of rotatable bonds is 3. The van der Waals surface area contributed by atoms with Gasteiger partial charge in [-0.3, -0.25) is 10.1 Å². The fourth-order valence-corrected chi connectivity index (χ4v) is 2.07. The van der Waals surface area contributed by atoms with Gasteiger partial charge in [0.1, 0.15) is 5.56 Å². The lowest BCUT2D eigenvalue weighted by atomic mass is 10.2. The van der Waals surface area contributed by atoms with Gasteiger partial charge in [0, 0.05) is 18.5 Å². The standard InChI is InChI=1S/C15H10N2O4/c18-15(11-5-1-2-6-12(11)17(19)20)21-14-8-10-16-9-4-3-7-13(14)16/h1-10H. The van der Waals surface area contributed by atoms with Crippen LogP contribution in [0.4, 0.5) is 5.69 Å². The van der Waals surface area contributed by atoms with Gasteiger partial charge in [-0.15, -0.1) is 0 Å². The van der Waals surface area contributed by atoms with Crippen molar-refractivity contribution in [1.82, 2.24) is 4.40 Å². The van der Waals surface area contributed by atoms with E-state index in [0.29, 0.717) is 11.3 Å². The molecule has 3 rings (SSSR count). The third-order valence-corrected chi connectivity index (χ3v) is 3.05. The number of ether oxygens (including phenoxy) is 1. The van der Waals surface area contributed by atoms with E-state index in [1.165, 1.54) is 18.2 Å². The molecule has 3 aromatic rings. The van der Waals surface area contributed by atoms with E-state index in [1.807, 2.05) is 18.3 Å². The molecule has 0 saturated carbocycles. The zero-order chi connectivity index (χ0) is 14.8. The number of nitro benzene ring substituents is 1. The molecule has 0 aliphatic heterocycles. The van der Waals surface area contributed by atoms with Gasteiger partial charge in [-0.25, -0.2) is 4.79 Å². The van der Waals surface area contributed by atoms with Gasteiger partial charge < -0.3 is 9.14 Å². The molecule has 0 N–H and O–H groups in total. The minimum absolute atomic E-state index is 0.0715. The van der Waals surface area contributed by atoms with Gasteiger partial charge in [0.2, 0.25) is 0 Å². The lowest BCUT2D eigenvalue weighted by molar-refractivity contribution is -0.385. The molecule has 0 aliphatic rings. The van der Waals surface area contributed by atoms with Crippen molar-refractivity contribution in [1.29, 1.82) is 0 Å². The van der Waals surface area contributed by atoms with Crippen LogP contribution in [0.5, 0.6) is 5.75 Å². The molecule has 0 spiro atoms. The van der Waals surface area contributed by atoms with Crippen LogP contribution in [-0.4, -0.2) is 15.3 Å². The molecule has 0 aliphatic carbocycles. The molecular formula is C15H10N2O4. The highest BCUT2D eigenvalue weighted by Gasteiger charge is 2.21. The zero-order valence-electron chi connectivity index (χ0n) is 10.8. The first-order chi connectivity index (χ1) is 10.2. The van der Waals surface area contributed by atoms with Gasteiger partial charge in [0.05, 0.1) is 10.4 Å². The number of nitro groups is 1. The van der Waals surface area contributed by atoms with Crippen LogP contribution >= 0.6 is 0 Å². The van der Waals surface area contributed by atoms with Crippen LogP contribution < -0.4 is 4.74 Å². The molecule has 6 nitrogen and oxygen atoms in total. The normalized spacial score (nSPS) is 10.5. The number of esters is 1. The Morgan fingerprint density at radius 2 is 1.81 bits per heavy atom. The fraction of sp³-hybridized carbons (Fsp3) is 0. The maximum absolute atomic E-state index is 12.1.